The van der Waals surface area contributed by atoms with Gasteiger partial charge in [0.15, 0.2) is 6.61 Å². The van der Waals surface area contributed by atoms with E-state index in [1.807, 2.05) is 18.2 Å². The Balaban J connectivity index is 1.52. The van der Waals surface area contributed by atoms with Gasteiger partial charge in [-0.15, -0.1) is 0 Å². The molecule has 2 heterocycles. The SMILES string of the molecule is COc1ccccc1N1CCN(Cc2cc(=O)c(OCC(=O)OC(C)C)co2)CC1. The van der Waals surface area contributed by atoms with Gasteiger partial charge >= 0.3 is 5.97 Å². The molecule has 2 aromatic rings. The maximum absolute atomic E-state index is 12.2. The number of hydrogen-bond donors (Lipinski definition) is 0. The van der Waals surface area contributed by atoms with E-state index >= 15 is 0 Å². The number of anilines is 1. The summed E-state index contributed by atoms with van der Waals surface area (Å²) in [5.41, 5.74) is 0.768. The topological polar surface area (TPSA) is 81.5 Å². The van der Waals surface area contributed by atoms with Crippen molar-refractivity contribution < 1.29 is 23.4 Å². The highest BCUT2D eigenvalue weighted by Crippen LogP contribution is 2.28. The predicted octanol–water partition coefficient (Wildman–Crippen LogP) is 2.30. The lowest BCUT2D eigenvalue weighted by Crippen LogP contribution is -2.46. The van der Waals surface area contributed by atoms with Crippen molar-refractivity contribution in [2.24, 2.45) is 0 Å². The average molecular weight is 416 g/mol. The molecule has 0 radical (unpaired) electrons. The number of rotatable bonds is 8. The Labute approximate surface area is 175 Å². The molecule has 0 amide bonds. The number of piperazine rings is 1. The molecule has 8 nitrogen and oxygen atoms in total. The van der Waals surface area contributed by atoms with Crippen molar-refractivity contribution >= 4 is 11.7 Å². The first-order chi connectivity index (χ1) is 14.5. The lowest BCUT2D eigenvalue weighted by atomic mass is 10.2. The molecular weight excluding hydrogens is 388 g/mol. The van der Waals surface area contributed by atoms with Crippen molar-refractivity contribution in [3.63, 3.8) is 0 Å². The summed E-state index contributed by atoms with van der Waals surface area (Å²) >= 11 is 0. The second-order valence-electron chi connectivity index (χ2n) is 7.34. The highest BCUT2D eigenvalue weighted by Gasteiger charge is 2.20. The molecule has 0 bridgehead atoms. The van der Waals surface area contributed by atoms with Crippen molar-refractivity contribution in [3.8, 4) is 11.5 Å². The van der Waals surface area contributed by atoms with Crippen LogP contribution in [0.1, 0.15) is 19.6 Å². The van der Waals surface area contributed by atoms with Crippen LogP contribution in [0.4, 0.5) is 5.69 Å². The molecule has 0 aliphatic carbocycles. The summed E-state index contributed by atoms with van der Waals surface area (Å²) in [6, 6.07) is 9.40. The minimum absolute atomic E-state index is 0.000415. The number of carbonyl (C=O) groups is 1. The smallest absolute Gasteiger partial charge is 0.344 e. The van der Waals surface area contributed by atoms with E-state index in [9.17, 15) is 9.59 Å². The Kier molecular flexibility index (Phi) is 7.35. The van der Waals surface area contributed by atoms with Crippen molar-refractivity contribution in [1.29, 1.82) is 0 Å². The van der Waals surface area contributed by atoms with Crippen LogP contribution in [0, 0.1) is 0 Å². The molecule has 1 aliphatic heterocycles. The predicted molar refractivity (Wildman–Crippen MR) is 112 cm³/mol. The van der Waals surface area contributed by atoms with Crippen molar-refractivity contribution in [1.82, 2.24) is 4.90 Å². The summed E-state index contributed by atoms with van der Waals surface area (Å²) in [5, 5.41) is 0. The van der Waals surface area contributed by atoms with Gasteiger partial charge in [-0.05, 0) is 26.0 Å². The molecule has 0 saturated carbocycles. The number of esters is 1. The third-order valence-electron chi connectivity index (χ3n) is 4.74. The number of para-hydroxylation sites is 2. The van der Waals surface area contributed by atoms with Crippen molar-refractivity contribution in [3.05, 3.63) is 52.6 Å². The molecule has 1 fully saturated rings. The van der Waals surface area contributed by atoms with Crippen LogP contribution in [0.25, 0.3) is 0 Å². The van der Waals surface area contributed by atoms with Crippen LogP contribution >= 0.6 is 0 Å². The number of nitrogens with zero attached hydrogens (tertiary/aromatic N) is 2. The lowest BCUT2D eigenvalue weighted by Gasteiger charge is -2.36. The lowest BCUT2D eigenvalue weighted by molar-refractivity contribution is -0.149. The molecule has 1 saturated heterocycles. The monoisotopic (exact) mass is 416 g/mol. The fraction of sp³-hybridized carbons (Fsp3) is 0.455. The van der Waals surface area contributed by atoms with E-state index in [4.69, 9.17) is 18.6 Å². The summed E-state index contributed by atoms with van der Waals surface area (Å²) in [6.07, 6.45) is 1.02. The number of benzene rings is 1. The highest BCUT2D eigenvalue weighted by atomic mass is 16.6. The molecule has 0 N–H and O–H groups in total. The van der Waals surface area contributed by atoms with Crippen LogP contribution in [-0.4, -0.2) is 56.9 Å². The standard InChI is InChI=1S/C22H28N2O6/c1-16(2)30-22(26)15-29-21-14-28-17(12-19(21)25)13-23-8-10-24(11-9-23)18-6-4-5-7-20(18)27-3/h4-7,12,14,16H,8-11,13,15H2,1-3H3. The first kappa shape index (κ1) is 21.7. The van der Waals surface area contributed by atoms with Gasteiger partial charge in [0.2, 0.25) is 11.2 Å². The fourth-order valence-corrected chi connectivity index (χ4v) is 3.32. The Bertz CT molecular complexity index is 902. The number of hydrogen-bond acceptors (Lipinski definition) is 8. The first-order valence-corrected chi connectivity index (χ1v) is 10.0. The van der Waals surface area contributed by atoms with E-state index in [-0.39, 0.29) is 23.9 Å². The normalized spacial score (nSPS) is 14.6. The maximum Gasteiger partial charge on any atom is 0.344 e. The van der Waals surface area contributed by atoms with Gasteiger partial charge in [-0.1, -0.05) is 12.1 Å². The summed E-state index contributed by atoms with van der Waals surface area (Å²) in [4.78, 5) is 28.3. The molecule has 1 aliphatic rings. The van der Waals surface area contributed by atoms with Crippen LogP contribution in [0.3, 0.4) is 0 Å². The summed E-state index contributed by atoms with van der Waals surface area (Å²) in [7, 11) is 1.68. The van der Waals surface area contributed by atoms with Gasteiger partial charge in [-0.25, -0.2) is 4.79 Å². The van der Waals surface area contributed by atoms with Gasteiger partial charge in [-0.2, -0.15) is 0 Å². The fourth-order valence-electron chi connectivity index (χ4n) is 3.32. The molecule has 1 aromatic carbocycles. The molecule has 0 atom stereocenters. The van der Waals surface area contributed by atoms with Crippen molar-refractivity contribution in [2.45, 2.75) is 26.5 Å². The Morgan fingerprint density at radius 1 is 1.13 bits per heavy atom. The number of methoxy groups -OCH3 is 1. The minimum Gasteiger partial charge on any atom is -0.495 e. The van der Waals surface area contributed by atoms with Crippen LogP contribution in [0.5, 0.6) is 11.5 Å². The number of carbonyl (C=O) groups excluding carboxylic acids is 1. The minimum atomic E-state index is -0.526. The summed E-state index contributed by atoms with van der Waals surface area (Å²) in [5.74, 6) is 0.898. The van der Waals surface area contributed by atoms with E-state index in [2.05, 4.69) is 15.9 Å². The molecule has 30 heavy (non-hydrogen) atoms. The Morgan fingerprint density at radius 3 is 2.53 bits per heavy atom. The molecule has 0 spiro atoms. The largest absolute Gasteiger partial charge is 0.495 e. The van der Waals surface area contributed by atoms with Crippen LogP contribution < -0.4 is 19.8 Å². The molecule has 8 heteroatoms. The van der Waals surface area contributed by atoms with Crippen LogP contribution in [-0.2, 0) is 16.1 Å². The molecule has 0 unspecified atom stereocenters. The highest BCUT2D eigenvalue weighted by molar-refractivity contribution is 5.71. The second kappa shape index (κ2) is 10.2. The summed E-state index contributed by atoms with van der Waals surface area (Å²) < 4.78 is 21.2. The maximum atomic E-state index is 12.2. The zero-order valence-electron chi connectivity index (χ0n) is 17.6. The van der Waals surface area contributed by atoms with Gasteiger partial charge in [0, 0.05) is 32.2 Å². The van der Waals surface area contributed by atoms with E-state index in [0.29, 0.717) is 12.3 Å². The third kappa shape index (κ3) is 5.76. The van der Waals surface area contributed by atoms with E-state index in [1.54, 1.807) is 21.0 Å². The molecular formula is C22H28N2O6. The van der Waals surface area contributed by atoms with Gasteiger partial charge in [0.1, 0.15) is 17.8 Å². The second-order valence-corrected chi connectivity index (χ2v) is 7.34. The van der Waals surface area contributed by atoms with Gasteiger partial charge in [0.25, 0.3) is 0 Å². The third-order valence-corrected chi connectivity index (χ3v) is 4.74. The van der Waals surface area contributed by atoms with E-state index in [0.717, 1.165) is 37.6 Å². The zero-order chi connectivity index (χ0) is 21.5. The average Bonchev–Trinajstić information content (AvgIpc) is 2.73. The first-order valence-electron chi connectivity index (χ1n) is 10.0. The molecule has 1 aromatic heterocycles. The molecule has 3 rings (SSSR count). The Morgan fingerprint density at radius 2 is 1.87 bits per heavy atom. The van der Waals surface area contributed by atoms with Gasteiger partial charge in [0.05, 0.1) is 25.4 Å². The van der Waals surface area contributed by atoms with Crippen LogP contribution in [0.2, 0.25) is 0 Å². The summed E-state index contributed by atoms with van der Waals surface area (Å²) in [6.45, 7) is 7.07. The van der Waals surface area contributed by atoms with Crippen LogP contribution in [0.15, 0.2) is 45.8 Å². The zero-order valence-corrected chi connectivity index (χ0v) is 17.6. The van der Waals surface area contributed by atoms with E-state index < -0.39 is 5.97 Å². The molecule has 162 valence electrons. The van der Waals surface area contributed by atoms with Crippen molar-refractivity contribution in [2.75, 3.05) is 44.8 Å². The number of ether oxygens (including phenoxy) is 3. The van der Waals surface area contributed by atoms with Gasteiger partial charge < -0.3 is 23.5 Å². The van der Waals surface area contributed by atoms with E-state index in [1.165, 1.54) is 12.3 Å². The quantitative estimate of drug-likeness (QED) is 0.607. The van der Waals surface area contributed by atoms with Gasteiger partial charge in [-0.3, -0.25) is 9.69 Å². The Hall–Kier alpha value is -3.00.